The highest BCUT2D eigenvalue weighted by atomic mass is 16.5. The maximum atomic E-state index is 10.9. The van der Waals surface area contributed by atoms with Crippen LogP contribution in [0.15, 0.2) is 0 Å². The molecule has 0 aromatic heterocycles. The number of carboxylic acid groups (broad SMARTS) is 1. The van der Waals surface area contributed by atoms with Gasteiger partial charge in [0.2, 0.25) is 0 Å². The van der Waals surface area contributed by atoms with Gasteiger partial charge in [0, 0.05) is 26.7 Å². The highest BCUT2D eigenvalue weighted by Gasteiger charge is 2.41. The van der Waals surface area contributed by atoms with Crippen molar-refractivity contribution in [3.05, 3.63) is 0 Å². The quantitative estimate of drug-likeness (QED) is 0.457. The zero-order chi connectivity index (χ0) is 13.6. The van der Waals surface area contributed by atoms with E-state index >= 15 is 0 Å². The Kier molecular flexibility index (Phi) is 5.97. The molecule has 7 heteroatoms. The van der Waals surface area contributed by atoms with E-state index in [1.807, 2.05) is 4.90 Å². The number of likely N-dealkylation sites (tertiary alicyclic amines) is 1. The molecule has 18 heavy (non-hydrogen) atoms. The minimum Gasteiger partial charge on any atom is -0.480 e. The molecular formula is C11H22N2O5. The van der Waals surface area contributed by atoms with Crippen LogP contribution in [0.3, 0.4) is 0 Å². The summed E-state index contributed by atoms with van der Waals surface area (Å²) in [5, 5.41) is 18.7. The number of β-amino-alcohol motifs (C(OH)–C–C–N with tert-alkyl or cyclic N) is 1. The summed E-state index contributed by atoms with van der Waals surface area (Å²) in [6.45, 7) is 2.35. The number of hydrogen-bond donors (Lipinski definition) is 3. The first-order valence-electron chi connectivity index (χ1n) is 5.97. The molecule has 1 aliphatic rings. The molecule has 4 N–H and O–H groups in total. The van der Waals surface area contributed by atoms with Crippen molar-refractivity contribution in [3.8, 4) is 0 Å². The number of carbonyl (C=O) groups is 1. The molecule has 1 heterocycles. The lowest BCUT2D eigenvalue weighted by molar-refractivity contribution is -0.142. The summed E-state index contributed by atoms with van der Waals surface area (Å²) in [6.07, 6.45) is -0.238. The minimum absolute atomic E-state index is 0.213. The first-order chi connectivity index (χ1) is 8.48. The van der Waals surface area contributed by atoms with E-state index in [1.54, 1.807) is 7.11 Å². The summed E-state index contributed by atoms with van der Waals surface area (Å²) in [7, 11) is 1.58. The summed E-state index contributed by atoms with van der Waals surface area (Å²) in [6, 6.07) is 0. The number of nitrogens with two attached hydrogens (primary N) is 1. The summed E-state index contributed by atoms with van der Waals surface area (Å²) >= 11 is 0. The molecule has 0 radical (unpaired) electrons. The molecule has 0 spiro atoms. The molecule has 0 aromatic rings. The van der Waals surface area contributed by atoms with Crippen molar-refractivity contribution in [2.45, 2.75) is 18.1 Å². The average molecular weight is 262 g/mol. The number of rotatable bonds is 8. The van der Waals surface area contributed by atoms with Crippen LogP contribution < -0.4 is 5.73 Å². The lowest BCUT2D eigenvalue weighted by Gasteiger charge is -2.22. The van der Waals surface area contributed by atoms with Gasteiger partial charge in [-0.1, -0.05) is 0 Å². The fourth-order valence-electron chi connectivity index (χ4n) is 1.96. The molecule has 7 nitrogen and oxygen atoms in total. The fraction of sp³-hybridized carbons (Fsp3) is 0.909. The topological polar surface area (TPSA) is 105 Å². The monoisotopic (exact) mass is 262 g/mol. The molecular weight excluding hydrogens is 240 g/mol. The van der Waals surface area contributed by atoms with Crippen LogP contribution in [0.1, 0.15) is 6.42 Å². The van der Waals surface area contributed by atoms with Gasteiger partial charge in [-0.15, -0.1) is 0 Å². The Hall–Kier alpha value is -0.730. The zero-order valence-corrected chi connectivity index (χ0v) is 10.7. The van der Waals surface area contributed by atoms with E-state index in [0.717, 1.165) is 0 Å². The van der Waals surface area contributed by atoms with E-state index < -0.39 is 17.6 Å². The van der Waals surface area contributed by atoms with Gasteiger partial charge in [-0.25, -0.2) is 0 Å². The van der Waals surface area contributed by atoms with Gasteiger partial charge < -0.3 is 25.4 Å². The van der Waals surface area contributed by atoms with Crippen molar-refractivity contribution in [1.82, 2.24) is 4.90 Å². The van der Waals surface area contributed by atoms with Gasteiger partial charge >= 0.3 is 5.97 Å². The molecule has 1 saturated heterocycles. The van der Waals surface area contributed by atoms with Gasteiger partial charge in [-0.3, -0.25) is 9.69 Å². The largest absolute Gasteiger partial charge is 0.480 e. The SMILES string of the molecule is COCCOCC(O)CN1CCC(N)(C(=O)O)C1. The standard InChI is InChI=1S/C11H22N2O5/c1-17-4-5-18-7-9(14)6-13-3-2-11(12,8-13)10(15)16/h9,14H,2-8,12H2,1H3,(H,15,16). The highest BCUT2D eigenvalue weighted by molar-refractivity contribution is 5.79. The van der Waals surface area contributed by atoms with Crippen molar-refractivity contribution in [2.24, 2.45) is 5.73 Å². The molecule has 2 unspecified atom stereocenters. The first kappa shape index (κ1) is 15.3. The fourth-order valence-corrected chi connectivity index (χ4v) is 1.96. The molecule has 1 rings (SSSR count). The van der Waals surface area contributed by atoms with Crippen LogP contribution in [-0.2, 0) is 14.3 Å². The van der Waals surface area contributed by atoms with E-state index in [2.05, 4.69) is 0 Å². The molecule has 0 saturated carbocycles. The predicted octanol–water partition coefficient (Wildman–Crippen LogP) is -1.50. The second kappa shape index (κ2) is 7.01. The third kappa shape index (κ3) is 4.51. The Balaban J connectivity index is 2.22. The van der Waals surface area contributed by atoms with Crippen LogP contribution in [0, 0.1) is 0 Å². The van der Waals surface area contributed by atoms with Crippen LogP contribution in [-0.4, -0.2) is 79.3 Å². The molecule has 1 fully saturated rings. The first-order valence-corrected chi connectivity index (χ1v) is 5.97. The van der Waals surface area contributed by atoms with Gasteiger partial charge in [0.25, 0.3) is 0 Å². The second-order valence-electron chi connectivity index (χ2n) is 4.67. The lowest BCUT2D eigenvalue weighted by atomic mass is 10.0. The van der Waals surface area contributed by atoms with Crippen LogP contribution in [0.5, 0.6) is 0 Å². The Morgan fingerprint density at radius 1 is 1.56 bits per heavy atom. The number of nitrogens with zero attached hydrogens (tertiary/aromatic N) is 1. The normalized spacial score (nSPS) is 26.4. The number of aliphatic carboxylic acids is 1. The Morgan fingerprint density at radius 2 is 2.28 bits per heavy atom. The zero-order valence-electron chi connectivity index (χ0n) is 10.7. The van der Waals surface area contributed by atoms with Gasteiger partial charge in [-0.05, 0) is 6.42 Å². The smallest absolute Gasteiger partial charge is 0.325 e. The van der Waals surface area contributed by atoms with Crippen LogP contribution in [0.4, 0.5) is 0 Å². The number of ether oxygens (including phenoxy) is 2. The average Bonchev–Trinajstić information content (AvgIpc) is 2.68. The molecule has 106 valence electrons. The third-order valence-electron chi connectivity index (χ3n) is 3.02. The summed E-state index contributed by atoms with van der Waals surface area (Å²) in [4.78, 5) is 12.8. The van der Waals surface area contributed by atoms with Crippen LogP contribution >= 0.6 is 0 Å². The third-order valence-corrected chi connectivity index (χ3v) is 3.02. The summed E-state index contributed by atoms with van der Waals surface area (Å²) in [5.41, 5.74) is 4.55. The predicted molar refractivity (Wildman–Crippen MR) is 64.3 cm³/mol. The van der Waals surface area contributed by atoms with Crippen molar-refractivity contribution >= 4 is 5.97 Å². The van der Waals surface area contributed by atoms with Crippen molar-refractivity contribution in [1.29, 1.82) is 0 Å². The maximum Gasteiger partial charge on any atom is 0.325 e. The van der Waals surface area contributed by atoms with Gasteiger partial charge in [0.05, 0.1) is 25.9 Å². The highest BCUT2D eigenvalue weighted by Crippen LogP contribution is 2.19. The molecule has 0 aromatic carbocycles. The van der Waals surface area contributed by atoms with Crippen molar-refractivity contribution in [3.63, 3.8) is 0 Å². The van der Waals surface area contributed by atoms with Gasteiger partial charge in [0.1, 0.15) is 5.54 Å². The summed E-state index contributed by atoms with van der Waals surface area (Å²) in [5.74, 6) is -0.990. The van der Waals surface area contributed by atoms with E-state index in [-0.39, 0.29) is 13.2 Å². The number of aliphatic hydroxyl groups excluding tert-OH is 1. The minimum atomic E-state index is -1.18. The number of aliphatic hydroxyl groups is 1. The van der Waals surface area contributed by atoms with Crippen LogP contribution in [0.2, 0.25) is 0 Å². The number of methoxy groups -OCH3 is 1. The van der Waals surface area contributed by atoms with Crippen LogP contribution in [0.25, 0.3) is 0 Å². The van der Waals surface area contributed by atoms with E-state index in [1.165, 1.54) is 0 Å². The molecule has 0 amide bonds. The Morgan fingerprint density at radius 3 is 2.83 bits per heavy atom. The molecule has 2 atom stereocenters. The van der Waals surface area contributed by atoms with Crippen molar-refractivity contribution in [2.75, 3.05) is 46.6 Å². The molecule has 0 aliphatic carbocycles. The second-order valence-corrected chi connectivity index (χ2v) is 4.67. The van der Waals surface area contributed by atoms with Gasteiger partial charge in [-0.2, -0.15) is 0 Å². The maximum absolute atomic E-state index is 10.9. The van der Waals surface area contributed by atoms with E-state index in [0.29, 0.717) is 32.7 Å². The molecule has 0 bridgehead atoms. The van der Waals surface area contributed by atoms with E-state index in [4.69, 9.17) is 20.3 Å². The number of carboxylic acids is 1. The summed E-state index contributed by atoms with van der Waals surface area (Å²) < 4.78 is 10.0. The van der Waals surface area contributed by atoms with Crippen molar-refractivity contribution < 1.29 is 24.5 Å². The van der Waals surface area contributed by atoms with E-state index in [9.17, 15) is 9.90 Å². The lowest BCUT2D eigenvalue weighted by Crippen LogP contribution is -2.50. The Bertz CT molecular complexity index is 276. The number of hydrogen-bond acceptors (Lipinski definition) is 6. The van der Waals surface area contributed by atoms with Gasteiger partial charge in [0.15, 0.2) is 0 Å². The molecule has 1 aliphatic heterocycles. The Labute approximate surface area is 106 Å².